The molecule has 2 amide bonds. The van der Waals surface area contributed by atoms with Crippen molar-refractivity contribution < 1.29 is 9.59 Å². The fourth-order valence-corrected chi connectivity index (χ4v) is 4.30. The average Bonchev–Trinajstić information content (AvgIpc) is 3.10. The van der Waals surface area contributed by atoms with E-state index in [1.165, 1.54) is 17.3 Å². The highest BCUT2D eigenvalue weighted by atomic mass is 32.2. The van der Waals surface area contributed by atoms with Gasteiger partial charge in [0.2, 0.25) is 11.8 Å². The molecule has 1 saturated heterocycles. The summed E-state index contributed by atoms with van der Waals surface area (Å²) >= 11 is 1.43. The lowest BCUT2D eigenvalue weighted by molar-refractivity contribution is -0.133. The Morgan fingerprint density at radius 3 is 2.59 bits per heavy atom. The summed E-state index contributed by atoms with van der Waals surface area (Å²) in [5.74, 6) is 1.41. The number of carbonyl (C=O) groups excluding carboxylic acids is 2. The molecule has 1 N–H and O–H groups in total. The monoisotopic (exact) mass is 415 g/mol. The Balaban J connectivity index is 1.50. The molecule has 0 radical (unpaired) electrons. The molecule has 1 aromatic heterocycles. The van der Waals surface area contributed by atoms with E-state index in [1.54, 1.807) is 0 Å². The fourth-order valence-electron chi connectivity index (χ4n) is 3.42. The number of rotatable bonds is 8. The summed E-state index contributed by atoms with van der Waals surface area (Å²) in [4.78, 5) is 26.6. The normalized spacial score (nSPS) is 14.8. The molecular weight excluding hydrogens is 386 g/mol. The van der Waals surface area contributed by atoms with Crippen molar-refractivity contribution in [1.29, 1.82) is 0 Å². The van der Waals surface area contributed by atoms with E-state index >= 15 is 0 Å². The van der Waals surface area contributed by atoms with Gasteiger partial charge in [0.25, 0.3) is 0 Å². The van der Waals surface area contributed by atoms with Crippen molar-refractivity contribution in [3.05, 3.63) is 41.7 Å². The lowest BCUT2D eigenvalue weighted by Gasteiger charge is -2.31. The number of aromatic nitrogens is 3. The van der Waals surface area contributed by atoms with Gasteiger partial charge in [-0.2, -0.15) is 0 Å². The Hall–Kier alpha value is -2.35. The minimum Gasteiger partial charge on any atom is -0.356 e. The zero-order chi connectivity index (χ0) is 20.6. The molecule has 29 heavy (non-hydrogen) atoms. The van der Waals surface area contributed by atoms with Gasteiger partial charge < -0.3 is 14.8 Å². The third-order valence-corrected chi connectivity index (χ3v) is 6.13. The van der Waals surface area contributed by atoms with Gasteiger partial charge in [-0.25, -0.2) is 0 Å². The van der Waals surface area contributed by atoms with Crippen LogP contribution in [0.25, 0.3) is 0 Å². The third-order valence-electron chi connectivity index (χ3n) is 5.18. The first kappa shape index (κ1) is 21.4. The molecular formula is C21H29N5O2S. The molecule has 7 nitrogen and oxygen atoms in total. The number of hydrogen-bond acceptors (Lipinski definition) is 5. The summed E-state index contributed by atoms with van der Waals surface area (Å²) in [6.07, 6.45) is 2.40. The Kier molecular flexibility index (Phi) is 7.69. The average molecular weight is 416 g/mol. The number of piperidine rings is 1. The van der Waals surface area contributed by atoms with Gasteiger partial charge in [-0.3, -0.25) is 9.59 Å². The standard InChI is InChI=1S/C21H29N5O2S/c1-3-11-22-20(28)18-9-12-25(13-10-18)19(27)15-29-21-24-23-16(2)26(21)14-17-7-5-4-6-8-17/h4-8,18H,3,9-15H2,1-2H3,(H,22,28). The number of likely N-dealkylation sites (tertiary alicyclic amines) is 1. The van der Waals surface area contributed by atoms with Crippen LogP contribution in [0.15, 0.2) is 35.5 Å². The molecule has 156 valence electrons. The molecule has 2 heterocycles. The number of benzene rings is 1. The molecule has 3 rings (SSSR count). The van der Waals surface area contributed by atoms with Crippen molar-refractivity contribution in [3.8, 4) is 0 Å². The Morgan fingerprint density at radius 2 is 1.90 bits per heavy atom. The number of aryl methyl sites for hydroxylation is 1. The zero-order valence-electron chi connectivity index (χ0n) is 17.1. The van der Waals surface area contributed by atoms with Gasteiger partial charge in [0, 0.05) is 25.6 Å². The largest absolute Gasteiger partial charge is 0.356 e. The molecule has 1 aliphatic rings. The molecule has 0 aliphatic carbocycles. The zero-order valence-corrected chi connectivity index (χ0v) is 18.0. The maximum Gasteiger partial charge on any atom is 0.233 e. The predicted octanol–water partition coefficient (Wildman–Crippen LogP) is 2.49. The fraction of sp³-hybridized carbons (Fsp3) is 0.524. The van der Waals surface area contributed by atoms with Gasteiger partial charge >= 0.3 is 0 Å². The van der Waals surface area contributed by atoms with Gasteiger partial charge in [0.1, 0.15) is 5.82 Å². The molecule has 8 heteroatoms. The summed E-state index contributed by atoms with van der Waals surface area (Å²) in [5.41, 5.74) is 1.17. The molecule has 2 aromatic rings. The van der Waals surface area contributed by atoms with Crippen molar-refractivity contribution in [2.75, 3.05) is 25.4 Å². The van der Waals surface area contributed by atoms with Gasteiger partial charge in [0.05, 0.1) is 12.3 Å². The van der Waals surface area contributed by atoms with Gasteiger partial charge in [-0.15, -0.1) is 10.2 Å². The Bertz CT molecular complexity index is 816. The van der Waals surface area contributed by atoms with Crippen LogP contribution in [0.3, 0.4) is 0 Å². The van der Waals surface area contributed by atoms with E-state index < -0.39 is 0 Å². The Labute approximate surface area is 176 Å². The van der Waals surface area contributed by atoms with Gasteiger partial charge in [-0.1, -0.05) is 49.0 Å². The number of nitrogens with one attached hydrogen (secondary N) is 1. The molecule has 1 aromatic carbocycles. The minimum atomic E-state index is 0.0230. The van der Waals surface area contributed by atoms with E-state index in [-0.39, 0.29) is 17.7 Å². The molecule has 1 aliphatic heterocycles. The van der Waals surface area contributed by atoms with Gasteiger partial charge in [0.15, 0.2) is 5.16 Å². The molecule has 0 saturated carbocycles. The van der Waals surface area contributed by atoms with Crippen LogP contribution >= 0.6 is 11.8 Å². The number of carbonyl (C=O) groups is 2. The lowest BCUT2D eigenvalue weighted by atomic mass is 9.96. The highest BCUT2D eigenvalue weighted by Crippen LogP contribution is 2.22. The van der Waals surface area contributed by atoms with E-state index in [9.17, 15) is 9.59 Å². The second-order valence-corrected chi connectivity index (χ2v) is 8.28. The lowest BCUT2D eigenvalue weighted by Crippen LogP contribution is -2.43. The first-order chi connectivity index (χ1) is 14.1. The van der Waals surface area contributed by atoms with Crippen molar-refractivity contribution >= 4 is 23.6 Å². The summed E-state index contributed by atoms with van der Waals surface area (Å²) in [7, 11) is 0. The van der Waals surface area contributed by atoms with Crippen molar-refractivity contribution in [1.82, 2.24) is 25.0 Å². The summed E-state index contributed by atoms with van der Waals surface area (Å²) < 4.78 is 2.04. The van der Waals surface area contributed by atoms with Crippen LogP contribution in [0.5, 0.6) is 0 Å². The number of nitrogens with zero attached hydrogens (tertiary/aromatic N) is 4. The highest BCUT2D eigenvalue weighted by Gasteiger charge is 2.27. The van der Waals surface area contributed by atoms with Crippen molar-refractivity contribution in [2.24, 2.45) is 5.92 Å². The van der Waals surface area contributed by atoms with Crippen molar-refractivity contribution in [2.45, 2.75) is 44.8 Å². The molecule has 0 unspecified atom stereocenters. The third kappa shape index (κ3) is 5.82. The smallest absolute Gasteiger partial charge is 0.233 e. The molecule has 0 spiro atoms. The SMILES string of the molecule is CCCNC(=O)C1CCN(C(=O)CSc2nnc(C)n2Cc2ccccc2)CC1. The Morgan fingerprint density at radius 1 is 1.17 bits per heavy atom. The quantitative estimate of drug-likeness (QED) is 0.670. The van der Waals surface area contributed by atoms with Crippen LogP contribution in [0.1, 0.15) is 37.6 Å². The van der Waals surface area contributed by atoms with E-state index in [0.29, 0.717) is 25.4 Å². The first-order valence-electron chi connectivity index (χ1n) is 10.2. The van der Waals surface area contributed by atoms with Crippen LogP contribution in [0, 0.1) is 12.8 Å². The van der Waals surface area contributed by atoms with E-state index in [4.69, 9.17) is 0 Å². The maximum atomic E-state index is 12.6. The second-order valence-electron chi connectivity index (χ2n) is 7.34. The van der Waals surface area contributed by atoms with Crippen LogP contribution in [0.2, 0.25) is 0 Å². The number of amides is 2. The summed E-state index contributed by atoms with van der Waals surface area (Å²) in [6, 6.07) is 10.2. The summed E-state index contributed by atoms with van der Waals surface area (Å²) in [6.45, 7) is 6.66. The first-order valence-corrected chi connectivity index (χ1v) is 11.2. The van der Waals surface area contributed by atoms with Crippen LogP contribution < -0.4 is 5.32 Å². The molecule has 0 atom stereocenters. The highest BCUT2D eigenvalue weighted by molar-refractivity contribution is 7.99. The summed E-state index contributed by atoms with van der Waals surface area (Å²) in [5, 5.41) is 12.1. The van der Waals surface area contributed by atoms with E-state index in [0.717, 1.165) is 36.8 Å². The van der Waals surface area contributed by atoms with Crippen LogP contribution in [-0.2, 0) is 16.1 Å². The van der Waals surface area contributed by atoms with Gasteiger partial charge in [-0.05, 0) is 31.7 Å². The van der Waals surface area contributed by atoms with Crippen LogP contribution in [0.4, 0.5) is 0 Å². The minimum absolute atomic E-state index is 0.0230. The molecule has 1 fully saturated rings. The number of thioether (sulfide) groups is 1. The predicted molar refractivity (Wildman–Crippen MR) is 114 cm³/mol. The molecule has 0 bridgehead atoms. The maximum absolute atomic E-state index is 12.6. The van der Waals surface area contributed by atoms with E-state index in [2.05, 4.69) is 27.6 Å². The van der Waals surface area contributed by atoms with Crippen molar-refractivity contribution in [3.63, 3.8) is 0 Å². The van der Waals surface area contributed by atoms with E-state index in [1.807, 2.05) is 41.5 Å². The number of hydrogen-bond donors (Lipinski definition) is 1. The second kappa shape index (κ2) is 10.4. The van der Waals surface area contributed by atoms with Crippen LogP contribution in [-0.4, -0.2) is 56.9 Å². The topological polar surface area (TPSA) is 80.1 Å².